The van der Waals surface area contributed by atoms with E-state index >= 15 is 0 Å². The topological polar surface area (TPSA) is 119 Å². The number of aromatic nitrogens is 3. The summed E-state index contributed by atoms with van der Waals surface area (Å²) in [5.74, 6) is 5.73. The number of nitrogens with one attached hydrogen (secondary N) is 2. The van der Waals surface area contributed by atoms with Gasteiger partial charge in [-0.1, -0.05) is 11.8 Å². The zero-order chi connectivity index (χ0) is 14.7. The van der Waals surface area contributed by atoms with E-state index in [4.69, 9.17) is 10.3 Å². The summed E-state index contributed by atoms with van der Waals surface area (Å²) >= 11 is 1.35. The van der Waals surface area contributed by atoms with Gasteiger partial charge in [0, 0.05) is 6.04 Å². The van der Waals surface area contributed by atoms with Gasteiger partial charge >= 0.3 is 11.6 Å². The first-order valence-electron chi connectivity index (χ1n) is 5.92. The van der Waals surface area contributed by atoms with Crippen molar-refractivity contribution < 1.29 is 9.21 Å². The Labute approximate surface area is 118 Å². The molecule has 0 unspecified atom stereocenters. The van der Waals surface area contributed by atoms with Crippen LogP contribution in [0, 0.1) is 0 Å². The summed E-state index contributed by atoms with van der Waals surface area (Å²) in [6, 6.07) is 3.24. The van der Waals surface area contributed by atoms with Gasteiger partial charge in [0.2, 0.25) is 0 Å². The molecule has 4 N–H and O–H groups in total. The fourth-order valence-electron chi connectivity index (χ4n) is 1.63. The second kappa shape index (κ2) is 5.97. The van der Waals surface area contributed by atoms with Crippen molar-refractivity contribution in [2.45, 2.75) is 30.8 Å². The number of rotatable bonds is 5. The smallest absolute Gasteiger partial charge is 0.344 e. The summed E-state index contributed by atoms with van der Waals surface area (Å²) in [5.41, 5.74) is 1.75. The summed E-state index contributed by atoms with van der Waals surface area (Å²) in [6.45, 7) is 3.80. The fraction of sp³-hybridized carbons (Fsp3) is 0.364. The first-order chi connectivity index (χ1) is 9.52. The van der Waals surface area contributed by atoms with Crippen LogP contribution < -0.4 is 17.0 Å². The normalized spacial score (nSPS) is 11.0. The van der Waals surface area contributed by atoms with Crippen molar-refractivity contribution in [1.82, 2.24) is 20.2 Å². The molecule has 0 fully saturated rings. The molecular weight excluding hydrogens is 282 g/mol. The number of furan rings is 1. The number of hydrogen-bond donors (Lipinski definition) is 3. The van der Waals surface area contributed by atoms with Crippen molar-refractivity contribution in [3.63, 3.8) is 0 Å². The molecule has 108 valence electrons. The summed E-state index contributed by atoms with van der Waals surface area (Å²) < 4.78 is 6.88. The molecule has 0 radical (unpaired) electrons. The van der Waals surface area contributed by atoms with Gasteiger partial charge in [-0.05, 0) is 26.0 Å². The third-order valence-corrected chi connectivity index (χ3v) is 3.52. The van der Waals surface area contributed by atoms with Gasteiger partial charge in [0.25, 0.3) is 0 Å². The molecule has 1 amide bonds. The molecule has 2 rings (SSSR count). The molecule has 0 aromatic carbocycles. The Kier molecular flexibility index (Phi) is 4.30. The lowest BCUT2D eigenvalue weighted by Gasteiger charge is -2.07. The summed E-state index contributed by atoms with van der Waals surface area (Å²) in [6.07, 6.45) is 0. The van der Waals surface area contributed by atoms with Crippen LogP contribution in [0.5, 0.6) is 0 Å². The Morgan fingerprint density at radius 2 is 2.35 bits per heavy atom. The third-order valence-electron chi connectivity index (χ3n) is 2.55. The third kappa shape index (κ3) is 2.94. The Hall–Kier alpha value is -2.00. The minimum atomic E-state index is -0.486. The van der Waals surface area contributed by atoms with E-state index < -0.39 is 5.91 Å². The van der Waals surface area contributed by atoms with E-state index in [1.54, 1.807) is 10.6 Å². The molecule has 0 aliphatic rings. The van der Waals surface area contributed by atoms with E-state index in [0.717, 1.165) is 0 Å². The van der Waals surface area contributed by atoms with Crippen LogP contribution in [0.3, 0.4) is 0 Å². The molecule has 0 saturated heterocycles. The van der Waals surface area contributed by atoms with Crippen LogP contribution in [0.25, 0.3) is 0 Å². The maximum absolute atomic E-state index is 11.6. The highest BCUT2D eigenvalue weighted by Crippen LogP contribution is 2.22. The predicted molar refractivity (Wildman–Crippen MR) is 73.2 cm³/mol. The number of hydrogen-bond acceptors (Lipinski definition) is 6. The highest BCUT2D eigenvalue weighted by Gasteiger charge is 2.14. The molecule has 0 saturated carbocycles. The molecule has 0 spiro atoms. The molecule has 0 atom stereocenters. The lowest BCUT2D eigenvalue weighted by Crippen LogP contribution is -2.29. The molecular formula is C11H15N5O3S. The van der Waals surface area contributed by atoms with Gasteiger partial charge in [-0.15, -0.1) is 5.10 Å². The lowest BCUT2D eigenvalue weighted by atomic mass is 10.4. The Morgan fingerprint density at radius 3 is 3.00 bits per heavy atom. The van der Waals surface area contributed by atoms with E-state index in [1.807, 2.05) is 19.3 Å². The molecule has 0 aliphatic heterocycles. The van der Waals surface area contributed by atoms with E-state index in [2.05, 4.69) is 10.2 Å². The minimum Gasteiger partial charge on any atom is -0.455 e. The molecule has 20 heavy (non-hydrogen) atoms. The van der Waals surface area contributed by atoms with Crippen LogP contribution in [-0.4, -0.2) is 20.7 Å². The molecule has 8 nitrogen and oxygen atoms in total. The monoisotopic (exact) mass is 297 g/mol. The lowest BCUT2D eigenvalue weighted by molar-refractivity contribution is 0.0924. The van der Waals surface area contributed by atoms with Crippen LogP contribution >= 0.6 is 11.8 Å². The number of nitrogens with two attached hydrogens (primary N) is 1. The highest BCUT2D eigenvalue weighted by molar-refractivity contribution is 7.98. The van der Waals surface area contributed by atoms with Crippen molar-refractivity contribution in [1.29, 1.82) is 0 Å². The SMILES string of the molecule is CC(C)n1c(SCc2ccc(C(=O)NN)o2)n[nH]c1=O. The van der Waals surface area contributed by atoms with Gasteiger partial charge < -0.3 is 4.42 Å². The van der Waals surface area contributed by atoms with Crippen molar-refractivity contribution in [3.8, 4) is 0 Å². The summed E-state index contributed by atoms with van der Waals surface area (Å²) in [4.78, 5) is 22.8. The van der Waals surface area contributed by atoms with Gasteiger partial charge in [-0.25, -0.2) is 15.7 Å². The van der Waals surface area contributed by atoms with E-state index in [1.165, 1.54) is 17.8 Å². The number of thioether (sulfide) groups is 1. The van der Waals surface area contributed by atoms with Gasteiger partial charge in [0.15, 0.2) is 10.9 Å². The maximum atomic E-state index is 11.6. The number of nitrogen functional groups attached to an aromatic ring is 1. The standard InChI is InChI=1S/C11H15N5O3S/c1-6(2)16-10(18)14-15-11(16)20-5-7-3-4-8(19-7)9(17)13-12/h3-4,6H,5,12H2,1-2H3,(H,13,17)(H,14,18). The fourth-order valence-corrected chi connectivity index (χ4v) is 2.60. The first kappa shape index (κ1) is 14.4. The largest absolute Gasteiger partial charge is 0.455 e. The van der Waals surface area contributed by atoms with Crippen LogP contribution in [-0.2, 0) is 5.75 Å². The number of aromatic amines is 1. The Bertz CT molecular complexity index is 657. The average Bonchev–Trinajstić information content (AvgIpc) is 3.02. The van der Waals surface area contributed by atoms with Crippen molar-refractivity contribution in [2.24, 2.45) is 5.84 Å². The number of carbonyl (C=O) groups is 1. The summed E-state index contributed by atoms with van der Waals surface area (Å²) in [7, 11) is 0. The van der Waals surface area contributed by atoms with E-state index in [0.29, 0.717) is 16.7 Å². The zero-order valence-electron chi connectivity index (χ0n) is 11.0. The molecule has 9 heteroatoms. The molecule has 0 bridgehead atoms. The van der Waals surface area contributed by atoms with Gasteiger partial charge in [0.05, 0.1) is 5.75 Å². The quantitative estimate of drug-likeness (QED) is 0.322. The minimum absolute atomic E-state index is 0.0129. The second-order valence-electron chi connectivity index (χ2n) is 4.30. The van der Waals surface area contributed by atoms with Crippen molar-refractivity contribution in [2.75, 3.05) is 0 Å². The number of amides is 1. The van der Waals surface area contributed by atoms with Gasteiger partial charge in [0.1, 0.15) is 5.76 Å². The van der Waals surface area contributed by atoms with Gasteiger partial charge in [-0.3, -0.25) is 14.8 Å². The maximum Gasteiger partial charge on any atom is 0.344 e. The Balaban J connectivity index is 2.08. The molecule has 2 heterocycles. The average molecular weight is 297 g/mol. The molecule has 0 aliphatic carbocycles. The second-order valence-corrected chi connectivity index (χ2v) is 5.25. The van der Waals surface area contributed by atoms with Crippen LogP contribution in [0.2, 0.25) is 0 Å². The molecule has 2 aromatic heterocycles. The van der Waals surface area contributed by atoms with Crippen LogP contribution in [0.15, 0.2) is 26.5 Å². The van der Waals surface area contributed by atoms with Crippen molar-refractivity contribution >= 4 is 17.7 Å². The first-order valence-corrected chi connectivity index (χ1v) is 6.91. The Morgan fingerprint density at radius 1 is 1.60 bits per heavy atom. The summed E-state index contributed by atoms with van der Waals surface area (Å²) in [5, 5.41) is 6.95. The number of nitrogens with zero attached hydrogens (tertiary/aromatic N) is 2. The van der Waals surface area contributed by atoms with Crippen LogP contribution in [0.1, 0.15) is 36.2 Å². The van der Waals surface area contributed by atoms with E-state index in [9.17, 15) is 9.59 Å². The molecule has 2 aromatic rings. The number of hydrazine groups is 1. The number of carbonyl (C=O) groups excluding carboxylic acids is 1. The van der Waals surface area contributed by atoms with Crippen molar-refractivity contribution in [3.05, 3.63) is 34.1 Å². The highest BCUT2D eigenvalue weighted by atomic mass is 32.2. The number of H-pyrrole nitrogens is 1. The van der Waals surface area contributed by atoms with Crippen LogP contribution in [0.4, 0.5) is 0 Å². The van der Waals surface area contributed by atoms with Gasteiger partial charge in [-0.2, -0.15) is 0 Å². The zero-order valence-corrected chi connectivity index (χ0v) is 11.9. The predicted octanol–water partition coefficient (Wildman–Crippen LogP) is 0.641. The van der Waals surface area contributed by atoms with E-state index in [-0.39, 0.29) is 17.5 Å².